The molecule has 12 aromatic rings. The third kappa shape index (κ3) is 8.06. The highest BCUT2D eigenvalue weighted by molar-refractivity contribution is 5.97. The Morgan fingerprint density at radius 1 is 0.147 bits per heavy atom. The van der Waals surface area contributed by atoms with Gasteiger partial charge >= 0.3 is 0 Å². The van der Waals surface area contributed by atoms with Crippen molar-refractivity contribution in [1.29, 1.82) is 0 Å². The molecule has 320 valence electrons. The lowest BCUT2D eigenvalue weighted by molar-refractivity contribution is 1.29. The van der Waals surface area contributed by atoms with Crippen LogP contribution in [0.1, 0.15) is 0 Å². The summed E-state index contributed by atoms with van der Waals surface area (Å²) in [5.74, 6) is 0. The first-order valence-corrected chi connectivity index (χ1v) is 23.3. The van der Waals surface area contributed by atoms with E-state index in [0.29, 0.717) is 0 Å². The Hall–Kier alpha value is -8.98. The molecule has 0 heterocycles. The lowest BCUT2D eigenvalue weighted by atomic mass is 9.95. The van der Waals surface area contributed by atoms with E-state index in [0.717, 1.165) is 34.1 Å². The molecule has 0 spiro atoms. The Morgan fingerprint density at radius 2 is 0.368 bits per heavy atom. The molecule has 0 saturated heterocycles. The van der Waals surface area contributed by atoms with E-state index < -0.39 is 0 Å². The maximum atomic E-state index is 2.36. The van der Waals surface area contributed by atoms with E-state index in [9.17, 15) is 0 Å². The number of hydrogen-bond donors (Lipinski definition) is 0. The van der Waals surface area contributed by atoms with Crippen LogP contribution in [0, 0.1) is 0 Å². The SMILES string of the molecule is c1ccc(-c2ccc(N(c3ccc(-c4ccccc4)cc3)c3ccc4cc(-c5ccc6cc(-c7ccc8cc(N(c9ccccc9)c9ccccc9)ccc8c7)ccc6c5)ccc4c3)cc2)cc1. The highest BCUT2D eigenvalue weighted by Crippen LogP contribution is 2.40. The van der Waals surface area contributed by atoms with Crippen molar-refractivity contribution in [3.63, 3.8) is 0 Å². The molecule has 0 saturated carbocycles. The summed E-state index contributed by atoms with van der Waals surface area (Å²) in [5.41, 5.74) is 16.4. The van der Waals surface area contributed by atoms with Gasteiger partial charge < -0.3 is 9.80 Å². The summed E-state index contributed by atoms with van der Waals surface area (Å²) in [5, 5.41) is 7.27. The van der Waals surface area contributed by atoms with Crippen LogP contribution in [-0.4, -0.2) is 0 Å². The first-order chi connectivity index (χ1) is 33.7. The highest BCUT2D eigenvalue weighted by atomic mass is 15.1. The molecular weight excluding hydrogens is 821 g/mol. The van der Waals surface area contributed by atoms with E-state index >= 15 is 0 Å². The Bertz CT molecular complexity index is 3580. The number of fused-ring (bicyclic) bond motifs is 3. The maximum absolute atomic E-state index is 2.36. The topological polar surface area (TPSA) is 6.48 Å². The summed E-state index contributed by atoms with van der Waals surface area (Å²) in [7, 11) is 0. The minimum Gasteiger partial charge on any atom is -0.310 e. The van der Waals surface area contributed by atoms with Crippen molar-refractivity contribution in [2.75, 3.05) is 9.80 Å². The summed E-state index contributed by atoms with van der Waals surface area (Å²) in [6.45, 7) is 0. The molecule has 0 radical (unpaired) electrons. The molecule has 0 amide bonds. The van der Waals surface area contributed by atoms with Gasteiger partial charge in [0.1, 0.15) is 0 Å². The van der Waals surface area contributed by atoms with Crippen LogP contribution in [0.25, 0.3) is 76.8 Å². The van der Waals surface area contributed by atoms with Gasteiger partial charge in [-0.25, -0.2) is 0 Å². The van der Waals surface area contributed by atoms with Crippen molar-refractivity contribution >= 4 is 66.4 Å². The lowest BCUT2D eigenvalue weighted by Crippen LogP contribution is -2.09. The maximum Gasteiger partial charge on any atom is 0.0468 e. The summed E-state index contributed by atoms with van der Waals surface area (Å²) in [6.07, 6.45) is 0. The summed E-state index contributed by atoms with van der Waals surface area (Å²) < 4.78 is 0. The van der Waals surface area contributed by atoms with E-state index in [4.69, 9.17) is 0 Å². The van der Waals surface area contributed by atoms with E-state index in [-0.39, 0.29) is 0 Å². The minimum atomic E-state index is 1.11. The predicted octanol–water partition coefficient (Wildman–Crippen LogP) is 18.8. The van der Waals surface area contributed by atoms with Crippen LogP contribution in [0.4, 0.5) is 34.1 Å². The zero-order chi connectivity index (χ0) is 45.2. The largest absolute Gasteiger partial charge is 0.310 e. The van der Waals surface area contributed by atoms with Crippen LogP contribution in [0.2, 0.25) is 0 Å². The van der Waals surface area contributed by atoms with Crippen molar-refractivity contribution in [2.45, 2.75) is 0 Å². The molecule has 12 aromatic carbocycles. The number of anilines is 6. The smallest absolute Gasteiger partial charge is 0.0468 e. The Morgan fingerprint density at radius 3 is 0.691 bits per heavy atom. The first kappa shape index (κ1) is 40.5. The number of benzene rings is 12. The Balaban J connectivity index is 0.820. The van der Waals surface area contributed by atoms with Crippen molar-refractivity contribution in [2.24, 2.45) is 0 Å². The van der Waals surface area contributed by atoms with E-state index in [2.05, 4.69) is 289 Å². The van der Waals surface area contributed by atoms with Gasteiger partial charge in [-0.15, -0.1) is 0 Å². The second-order valence-corrected chi connectivity index (χ2v) is 17.4. The zero-order valence-corrected chi connectivity index (χ0v) is 37.5. The van der Waals surface area contributed by atoms with Gasteiger partial charge in [0.2, 0.25) is 0 Å². The fourth-order valence-electron chi connectivity index (χ4n) is 9.62. The van der Waals surface area contributed by atoms with Gasteiger partial charge in [-0.2, -0.15) is 0 Å². The molecule has 0 aliphatic carbocycles. The van der Waals surface area contributed by atoms with E-state index in [1.807, 2.05) is 0 Å². The van der Waals surface area contributed by atoms with Gasteiger partial charge in [0.25, 0.3) is 0 Å². The van der Waals surface area contributed by atoms with Gasteiger partial charge in [-0.3, -0.25) is 0 Å². The number of rotatable bonds is 10. The third-order valence-electron chi connectivity index (χ3n) is 13.2. The molecule has 68 heavy (non-hydrogen) atoms. The Kier molecular flexibility index (Phi) is 10.6. The second kappa shape index (κ2) is 17.8. The van der Waals surface area contributed by atoms with Gasteiger partial charge in [0, 0.05) is 34.1 Å². The van der Waals surface area contributed by atoms with Crippen LogP contribution in [-0.2, 0) is 0 Å². The normalized spacial score (nSPS) is 11.2. The summed E-state index contributed by atoms with van der Waals surface area (Å²) in [6, 6.07) is 101. The van der Waals surface area contributed by atoms with Crippen LogP contribution in [0.15, 0.2) is 279 Å². The number of nitrogens with zero attached hydrogens (tertiary/aromatic N) is 2. The molecule has 0 bridgehead atoms. The molecule has 0 N–H and O–H groups in total. The molecule has 0 aliphatic heterocycles. The van der Waals surface area contributed by atoms with Gasteiger partial charge in [-0.05, 0) is 174 Å². The molecule has 2 nitrogen and oxygen atoms in total. The quantitative estimate of drug-likeness (QED) is 0.135. The third-order valence-corrected chi connectivity index (χ3v) is 13.2. The highest BCUT2D eigenvalue weighted by Gasteiger charge is 2.16. The van der Waals surface area contributed by atoms with Crippen molar-refractivity contribution < 1.29 is 0 Å². The minimum absolute atomic E-state index is 1.11. The predicted molar refractivity (Wildman–Crippen MR) is 290 cm³/mol. The van der Waals surface area contributed by atoms with Crippen LogP contribution in [0.5, 0.6) is 0 Å². The lowest BCUT2D eigenvalue weighted by Gasteiger charge is -2.26. The van der Waals surface area contributed by atoms with E-state index in [1.54, 1.807) is 0 Å². The van der Waals surface area contributed by atoms with Crippen molar-refractivity contribution in [3.8, 4) is 44.5 Å². The monoisotopic (exact) mass is 866 g/mol. The molecular formula is C66H46N2. The molecule has 0 fully saturated rings. The number of para-hydroxylation sites is 2. The Labute approximate surface area is 397 Å². The molecule has 2 heteroatoms. The van der Waals surface area contributed by atoms with E-state index in [1.165, 1.54) is 76.8 Å². The molecule has 0 unspecified atom stereocenters. The first-order valence-electron chi connectivity index (χ1n) is 23.3. The van der Waals surface area contributed by atoms with Crippen molar-refractivity contribution in [1.82, 2.24) is 0 Å². The van der Waals surface area contributed by atoms with Crippen LogP contribution < -0.4 is 9.80 Å². The fraction of sp³-hybridized carbons (Fsp3) is 0. The average molecular weight is 867 g/mol. The zero-order valence-electron chi connectivity index (χ0n) is 37.5. The van der Waals surface area contributed by atoms with Crippen molar-refractivity contribution in [3.05, 3.63) is 279 Å². The molecule has 0 aromatic heterocycles. The standard InChI is InChI=1S/C66H46N2/c1-5-13-47(14-6-1)49-29-35-63(36-30-49)68(64-37-31-50(32-38-64)48-15-7-2-8-16-48)66-40-34-58-44-56(26-28-60(58)46-66)54-24-22-51-41-53(23-21-52(51)42-54)55-25-27-59-45-65(39-33-57(59)43-55)67(61-17-9-3-10-18-61)62-19-11-4-12-20-62/h1-46H. The average Bonchev–Trinajstić information content (AvgIpc) is 3.42. The van der Waals surface area contributed by atoms with Crippen LogP contribution >= 0.6 is 0 Å². The van der Waals surface area contributed by atoms with Gasteiger partial charge in [0.05, 0.1) is 0 Å². The summed E-state index contributed by atoms with van der Waals surface area (Å²) in [4.78, 5) is 4.67. The van der Waals surface area contributed by atoms with Crippen LogP contribution in [0.3, 0.4) is 0 Å². The molecule has 0 atom stereocenters. The van der Waals surface area contributed by atoms with Gasteiger partial charge in [0.15, 0.2) is 0 Å². The number of hydrogen-bond acceptors (Lipinski definition) is 2. The summed E-state index contributed by atoms with van der Waals surface area (Å²) >= 11 is 0. The second-order valence-electron chi connectivity index (χ2n) is 17.4. The fourth-order valence-corrected chi connectivity index (χ4v) is 9.62. The van der Waals surface area contributed by atoms with Gasteiger partial charge in [-0.1, -0.05) is 182 Å². The molecule has 0 aliphatic rings. The molecule has 12 rings (SSSR count).